The van der Waals surface area contributed by atoms with Crippen LogP contribution in [0.3, 0.4) is 0 Å². The molecule has 0 spiro atoms. The van der Waals surface area contributed by atoms with Gasteiger partial charge in [-0.2, -0.15) is 0 Å². The Labute approximate surface area is 255 Å². The Morgan fingerprint density at radius 3 is 2.18 bits per heavy atom. The number of aldehydes is 1. The molecule has 5 rings (SSSR count). The van der Waals surface area contributed by atoms with Crippen LogP contribution in [0, 0.1) is 50.2 Å². The maximum absolute atomic E-state index is 13.7. The van der Waals surface area contributed by atoms with Crippen molar-refractivity contribution in [1.82, 2.24) is 0 Å². The van der Waals surface area contributed by atoms with E-state index in [-0.39, 0.29) is 43.8 Å². The van der Waals surface area contributed by atoms with Gasteiger partial charge in [0.25, 0.3) is 0 Å². The minimum Gasteiger partial charge on any atom is -0.469 e. The van der Waals surface area contributed by atoms with Gasteiger partial charge in [0, 0.05) is 10.4 Å². The number of fused-ring (bicyclic) bond motifs is 7. The van der Waals surface area contributed by atoms with Gasteiger partial charge in [0.05, 0.1) is 21.7 Å². The van der Waals surface area contributed by atoms with Gasteiger partial charge in [0.15, 0.2) is 0 Å². The predicted octanol–water partition coefficient (Wildman–Crippen LogP) is 9.39. The Morgan fingerprint density at radius 2 is 1.58 bits per heavy atom. The highest BCUT2D eigenvalue weighted by atomic mass is 79.9. The molecule has 4 unspecified atom stereocenters. The maximum atomic E-state index is 13.7. The van der Waals surface area contributed by atoms with Gasteiger partial charge in [-0.1, -0.05) is 96.3 Å². The molecule has 3 nitrogen and oxygen atoms in total. The van der Waals surface area contributed by atoms with Crippen LogP contribution < -0.4 is 0 Å². The number of halogens is 3. The monoisotopic (exact) mass is 716 g/mol. The maximum Gasteiger partial charge on any atom is 0.313 e. The summed E-state index contributed by atoms with van der Waals surface area (Å²) in [6, 6.07) is 0. The fourth-order valence-electron chi connectivity index (χ4n) is 11.3. The Hall–Kier alpha value is 0.320. The lowest BCUT2D eigenvalue weighted by molar-refractivity contribution is -0.191. The third-order valence-corrected chi connectivity index (χ3v) is 17.4. The fourth-order valence-corrected chi connectivity index (χ4v) is 15.9. The van der Waals surface area contributed by atoms with E-state index in [0.717, 1.165) is 57.8 Å². The number of rotatable bonds is 2. The molecule has 4 fully saturated rings. The van der Waals surface area contributed by atoms with Gasteiger partial charge in [-0.25, -0.2) is 0 Å². The van der Waals surface area contributed by atoms with E-state index in [1.54, 1.807) is 7.11 Å². The van der Waals surface area contributed by atoms with E-state index in [1.807, 2.05) is 0 Å². The number of hydrogen-bond donors (Lipinski definition) is 0. The SMILES string of the molecule is COC(=O)[C@]12CCC(C)(C)CC1(Br)C1=C(Br)C(Br)C3[C@@]4(C)CC[C@H](C=O)C(C)(C)C4CC[C@@]3(C)[C@]1(C)CC2. The van der Waals surface area contributed by atoms with E-state index in [2.05, 4.69) is 96.3 Å². The van der Waals surface area contributed by atoms with Crippen LogP contribution in [0.5, 0.6) is 0 Å². The predicted molar refractivity (Wildman–Crippen MR) is 165 cm³/mol. The van der Waals surface area contributed by atoms with E-state index in [9.17, 15) is 9.59 Å². The van der Waals surface area contributed by atoms with Crippen LogP contribution in [0.4, 0.5) is 0 Å². The molecule has 0 aliphatic heterocycles. The molecule has 5 aliphatic rings. The molecular weight excluding hydrogens is 672 g/mol. The van der Waals surface area contributed by atoms with Gasteiger partial charge in [0.1, 0.15) is 6.29 Å². The first-order chi connectivity index (χ1) is 17.4. The lowest BCUT2D eigenvalue weighted by Gasteiger charge is -2.73. The third kappa shape index (κ3) is 3.47. The first-order valence-electron chi connectivity index (χ1n) is 14.7. The minimum absolute atomic E-state index is 0.00316. The molecule has 0 aromatic rings. The van der Waals surface area contributed by atoms with Gasteiger partial charge in [-0.05, 0) is 102 Å². The molecule has 4 saturated carbocycles. The summed E-state index contributed by atoms with van der Waals surface area (Å²) in [5, 5.41) is 0. The molecule has 9 atom stereocenters. The zero-order valence-corrected chi connectivity index (χ0v) is 29.4. The molecule has 0 aromatic heterocycles. The third-order valence-electron chi connectivity index (χ3n) is 13.5. The molecule has 0 amide bonds. The molecule has 0 N–H and O–H groups in total. The van der Waals surface area contributed by atoms with E-state index in [4.69, 9.17) is 4.74 Å². The number of alkyl halides is 2. The van der Waals surface area contributed by atoms with Gasteiger partial charge in [-0.3, -0.25) is 4.79 Å². The van der Waals surface area contributed by atoms with Crippen molar-refractivity contribution in [2.24, 2.45) is 50.2 Å². The average Bonchev–Trinajstić information content (AvgIpc) is 2.81. The molecular formula is C32H47Br3O3. The standard InChI is InChI=1S/C32H47Br3O3/c1-26(2)13-15-31(25(37)38-8)16-14-30(7)24(32(31,35)18-26)22(34)21(33)23-28(5)11-9-19(17-36)27(3,4)20(28)10-12-29(23,30)6/h17,19-21,23H,9-16,18H2,1-8H3/t19-,20?,21?,23?,28+,29-,30-,31-,32?/m1/s1. The first-order valence-corrected chi connectivity index (χ1v) is 17.2. The number of allylic oxidation sites excluding steroid dienone is 2. The highest BCUT2D eigenvalue weighted by Gasteiger charge is 2.75. The van der Waals surface area contributed by atoms with Crippen molar-refractivity contribution in [3.63, 3.8) is 0 Å². The van der Waals surface area contributed by atoms with Crippen molar-refractivity contribution in [3.8, 4) is 0 Å². The summed E-state index contributed by atoms with van der Waals surface area (Å²) < 4.78 is 6.37. The minimum atomic E-state index is -0.549. The molecule has 0 bridgehead atoms. The Morgan fingerprint density at radius 1 is 0.947 bits per heavy atom. The van der Waals surface area contributed by atoms with Crippen molar-refractivity contribution >= 4 is 60.0 Å². The number of carbonyl (C=O) groups is 2. The lowest BCUT2D eigenvalue weighted by atomic mass is 9.33. The van der Waals surface area contributed by atoms with E-state index < -0.39 is 9.74 Å². The van der Waals surface area contributed by atoms with Crippen molar-refractivity contribution in [2.75, 3.05) is 7.11 Å². The van der Waals surface area contributed by atoms with Crippen LogP contribution in [0.2, 0.25) is 0 Å². The topological polar surface area (TPSA) is 43.4 Å². The Kier molecular flexibility index (Phi) is 6.99. The molecule has 5 aliphatic carbocycles. The van der Waals surface area contributed by atoms with Crippen LogP contribution in [0.25, 0.3) is 0 Å². The lowest BCUT2D eigenvalue weighted by Crippen LogP contribution is -2.70. The second-order valence-corrected chi connectivity index (χ2v) is 19.0. The summed E-state index contributed by atoms with van der Waals surface area (Å²) >= 11 is 13.0. The second-order valence-electron chi connectivity index (χ2n) is 15.8. The quantitative estimate of drug-likeness (QED) is 0.162. The summed E-state index contributed by atoms with van der Waals surface area (Å²) in [5.74, 6) is 1.02. The average molecular weight is 719 g/mol. The van der Waals surface area contributed by atoms with Crippen molar-refractivity contribution in [3.05, 3.63) is 10.1 Å². The molecule has 0 heterocycles. The van der Waals surface area contributed by atoms with Crippen molar-refractivity contribution < 1.29 is 14.3 Å². The number of ether oxygens (including phenoxy) is 1. The highest BCUT2D eigenvalue weighted by Crippen LogP contribution is 2.80. The van der Waals surface area contributed by atoms with Gasteiger partial charge in [-0.15, -0.1) is 0 Å². The fraction of sp³-hybridized carbons (Fsp3) is 0.875. The molecule has 0 aromatic carbocycles. The highest BCUT2D eigenvalue weighted by molar-refractivity contribution is 9.14. The number of carbonyl (C=O) groups excluding carboxylic acids is 2. The summed E-state index contributed by atoms with van der Waals surface area (Å²) in [5.41, 5.74) is 1.11. The smallest absolute Gasteiger partial charge is 0.313 e. The van der Waals surface area contributed by atoms with Gasteiger partial charge in [0.2, 0.25) is 0 Å². The largest absolute Gasteiger partial charge is 0.469 e. The number of methoxy groups -OCH3 is 1. The Balaban J connectivity index is 1.72. The van der Waals surface area contributed by atoms with Gasteiger partial charge < -0.3 is 9.53 Å². The number of esters is 1. The Bertz CT molecular complexity index is 1080. The molecule has 6 heteroatoms. The number of hydrogen-bond acceptors (Lipinski definition) is 3. The second kappa shape index (κ2) is 8.91. The summed E-state index contributed by atoms with van der Waals surface area (Å²) in [6.07, 6.45) is 10.3. The summed E-state index contributed by atoms with van der Waals surface area (Å²) in [7, 11) is 1.56. The van der Waals surface area contributed by atoms with Gasteiger partial charge >= 0.3 is 5.97 Å². The van der Waals surface area contributed by atoms with Crippen LogP contribution in [-0.2, 0) is 14.3 Å². The normalized spacial score (nSPS) is 51.1. The van der Waals surface area contributed by atoms with E-state index in [0.29, 0.717) is 11.8 Å². The van der Waals surface area contributed by atoms with E-state index in [1.165, 1.54) is 16.3 Å². The zero-order valence-electron chi connectivity index (χ0n) is 24.6. The molecule has 0 saturated heterocycles. The zero-order chi connectivity index (χ0) is 28.3. The first kappa shape index (κ1) is 29.8. The van der Waals surface area contributed by atoms with Crippen LogP contribution in [0.1, 0.15) is 106 Å². The van der Waals surface area contributed by atoms with Crippen LogP contribution in [0.15, 0.2) is 10.1 Å². The molecule has 38 heavy (non-hydrogen) atoms. The molecule has 214 valence electrons. The molecule has 0 radical (unpaired) electrons. The summed E-state index contributed by atoms with van der Waals surface area (Å²) in [4.78, 5) is 26.0. The van der Waals surface area contributed by atoms with Crippen LogP contribution in [-0.4, -0.2) is 28.5 Å². The van der Waals surface area contributed by atoms with E-state index >= 15 is 0 Å². The summed E-state index contributed by atoms with van der Waals surface area (Å²) in [6.45, 7) is 17.1. The van der Waals surface area contributed by atoms with Crippen LogP contribution >= 0.6 is 47.8 Å². The van der Waals surface area contributed by atoms with Crippen molar-refractivity contribution in [1.29, 1.82) is 0 Å². The van der Waals surface area contributed by atoms with Crippen molar-refractivity contribution in [2.45, 2.75) is 115 Å².